The van der Waals surface area contributed by atoms with E-state index >= 15 is 0 Å². The molecule has 0 saturated heterocycles. The molecule has 21 heavy (non-hydrogen) atoms. The minimum Gasteiger partial charge on any atom is -0.491 e. The predicted molar refractivity (Wildman–Crippen MR) is 87.3 cm³/mol. The Morgan fingerprint density at radius 3 is 2.43 bits per heavy atom. The van der Waals surface area contributed by atoms with Crippen LogP contribution < -0.4 is 9.47 Å². The second-order valence-electron chi connectivity index (χ2n) is 5.20. The van der Waals surface area contributed by atoms with E-state index in [9.17, 15) is 0 Å². The van der Waals surface area contributed by atoms with Crippen molar-refractivity contribution in [2.75, 3.05) is 0 Å². The molecule has 0 heterocycles. The van der Waals surface area contributed by atoms with E-state index in [4.69, 9.17) is 21.1 Å². The molecule has 0 radical (unpaired) electrons. The van der Waals surface area contributed by atoms with Gasteiger partial charge in [-0.15, -0.1) is 0 Å². The number of benzene rings is 2. The molecule has 2 rings (SSSR count). The Kier molecular flexibility index (Phi) is 5.51. The average Bonchev–Trinajstić information content (AvgIpc) is 2.48. The topological polar surface area (TPSA) is 18.5 Å². The van der Waals surface area contributed by atoms with Gasteiger partial charge in [-0.3, -0.25) is 0 Å². The molecule has 1 atom stereocenters. The van der Waals surface area contributed by atoms with E-state index in [1.165, 1.54) is 5.56 Å². The Balaban J connectivity index is 1.99. The lowest BCUT2D eigenvalue weighted by Gasteiger charge is -2.14. The van der Waals surface area contributed by atoms with E-state index in [1.54, 1.807) is 6.07 Å². The van der Waals surface area contributed by atoms with E-state index in [2.05, 4.69) is 38.1 Å². The Morgan fingerprint density at radius 2 is 1.81 bits per heavy atom. The van der Waals surface area contributed by atoms with Gasteiger partial charge in [0.15, 0.2) is 0 Å². The molecular formula is C18H21ClO2. The summed E-state index contributed by atoms with van der Waals surface area (Å²) in [4.78, 5) is 0. The maximum Gasteiger partial charge on any atom is 0.138 e. The summed E-state index contributed by atoms with van der Waals surface area (Å²) in [5.41, 5.74) is 2.36. The highest BCUT2D eigenvalue weighted by atomic mass is 35.5. The van der Waals surface area contributed by atoms with Crippen molar-refractivity contribution in [1.29, 1.82) is 0 Å². The largest absolute Gasteiger partial charge is 0.491 e. The summed E-state index contributed by atoms with van der Waals surface area (Å²) in [6.07, 6.45) is 1.14. The van der Waals surface area contributed by atoms with Crippen molar-refractivity contribution in [2.45, 2.75) is 39.9 Å². The number of ether oxygens (including phenoxy) is 2. The first-order valence-electron chi connectivity index (χ1n) is 7.23. The second kappa shape index (κ2) is 7.37. The first-order chi connectivity index (χ1) is 10.1. The standard InChI is InChI=1S/C18H21ClO2/c1-4-14(3)21-16-9-10-18(17(19)11-16)20-12-15-7-5-13(2)6-8-15/h5-11,14H,4,12H2,1-3H3. The van der Waals surface area contributed by atoms with Gasteiger partial charge in [0.05, 0.1) is 11.1 Å². The molecule has 3 heteroatoms. The van der Waals surface area contributed by atoms with Crippen LogP contribution in [-0.2, 0) is 6.61 Å². The highest BCUT2D eigenvalue weighted by molar-refractivity contribution is 6.32. The fraction of sp³-hybridized carbons (Fsp3) is 0.333. The first kappa shape index (κ1) is 15.7. The molecule has 0 fully saturated rings. The highest BCUT2D eigenvalue weighted by Gasteiger charge is 2.06. The van der Waals surface area contributed by atoms with Crippen LogP contribution in [0.2, 0.25) is 5.02 Å². The van der Waals surface area contributed by atoms with E-state index in [0.717, 1.165) is 17.7 Å². The van der Waals surface area contributed by atoms with Crippen LogP contribution in [0.25, 0.3) is 0 Å². The summed E-state index contributed by atoms with van der Waals surface area (Å²) in [7, 11) is 0. The van der Waals surface area contributed by atoms with Crippen LogP contribution in [0.1, 0.15) is 31.4 Å². The van der Waals surface area contributed by atoms with Crippen molar-refractivity contribution in [1.82, 2.24) is 0 Å². The molecular weight excluding hydrogens is 284 g/mol. The Bertz CT molecular complexity index is 578. The molecule has 0 N–H and O–H groups in total. The minimum absolute atomic E-state index is 0.181. The third-order valence-electron chi connectivity index (χ3n) is 3.33. The van der Waals surface area contributed by atoms with Gasteiger partial charge in [0.25, 0.3) is 0 Å². The lowest BCUT2D eigenvalue weighted by atomic mass is 10.2. The molecule has 112 valence electrons. The molecule has 1 unspecified atom stereocenters. The van der Waals surface area contributed by atoms with E-state index in [1.807, 2.05) is 19.1 Å². The predicted octanol–water partition coefficient (Wildman–Crippen LogP) is 5.40. The molecule has 0 bridgehead atoms. The van der Waals surface area contributed by atoms with Crippen molar-refractivity contribution in [2.24, 2.45) is 0 Å². The molecule has 0 aliphatic rings. The number of aryl methyl sites for hydroxylation is 1. The molecule has 0 spiro atoms. The van der Waals surface area contributed by atoms with Crippen LogP contribution in [0.5, 0.6) is 11.5 Å². The van der Waals surface area contributed by atoms with Gasteiger partial charge in [-0.1, -0.05) is 48.4 Å². The lowest BCUT2D eigenvalue weighted by molar-refractivity contribution is 0.217. The van der Waals surface area contributed by atoms with Gasteiger partial charge in [-0.2, -0.15) is 0 Å². The van der Waals surface area contributed by atoms with Crippen LogP contribution in [0, 0.1) is 6.92 Å². The Hall–Kier alpha value is -1.67. The summed E-state index contributed by atoms with van der Waals surface area (Å²) in [5.74, 6) is 1.45. The zero-order valence-electron chi connectivity index (χ0n) is 12.7. The van der Waals surface area contributed by atoms with Gasteiger partial charge in [0.1, 0.15) is 18.1 Å². The number of rotatable bonds is 6. The minimum atomic E-state index is 0.181. The van der Waals surface area contributed by atoms with Gasteiger partial charge >= 0.3 is 0 Å². The zero-order chi connectivity index (χ0) is 15.2. The quantitative estimate of drug-likeness (QED) is 0.711. The average molecular weight is 305 g/mol. The fourth-order valence-corrected chi connectivity index (χ4v) is 2.06. The van der Waals surface area contributed by atoms with E-state index in [-0.39, 0.29) is 6.10 Å². The van der Waals surface area contributed by atoms with Crippen molar-refractivity contribution in [3.8, 4) is 11.5 Å². The second-order valence-corrected chi connectivity index (χ2v) is 5.61. The van der Waals surface area contributed by atoms with Crippen LogP contribution in [0.15, 0.2) is 42.5 Å². The molecule has 2 aromatic carbocycles. The van der Waals surface area contributed by atoms with Crippen molar-refractivity contribution in [3.05, 3.63) is 58.6 Å². The molecule has 0 aliphatic carbocycles. The van der Waals surface area contributed by atoms with Crippen molar-refractivity contribution in [3.63, 3.8) is 0 Å². The highest BCUT2D eigenvalue weighted by Crippen LogP contribution is 2.30. The number of hydrogen-bond acceptors (Lipinski definition) is 2. The summed E-state index contributed by atoms with van der Waals surface area (Å²) >= 11 is 6.24. The monoisotopic (exact) mass is 304 g/mol. The van der Waals surface area contributed by atoms with E-state index < -0.39 is 0 Å². The Morgan fingerprint density at radius 1 is 1.10 bits per heavy atom. The third-order valence-corrected chi connectivity index (χ3v) is 3.63. The number of hydrogen-bond donors (Lipinski definition) is 0. The Labute approximate surface area is 131 Å². The molecule has 2 nitrogen and oxygen atoms in total. The fourth-order valence-electron chi connectivity index (χ4n) is 1.83. The molecule has 0 aromatic heterocycles. The van der Waals surface area contributed by atoms with Gasteiger partial charge in [-0.25, -0.2) is 0 Å². The maximum absolute atomic E-state index is 6.24. The van der Waals surface area contributed by atoms with Crippen LogP contribution in [0.4, 0.5) is 0 Å². The summed E-state index contributed by atoms with van der Waals surface area (Å²) < 4.78 is 11.5. The summed E-state index contributed by atoms with van der Waals surface area (Å²) in [6, 6.07) is 13.8. The van der Waals surface area contributed by atoms with Gasteiger partial charge < -0.3 is 9.47 Å². The van der Waals surface area contributed by atoms with Crippen LogP contribution in [-0.4, -0.2) is 6.10 Å². The smallest absolute Gasteiger partial charge is 0.138 e. The van der Waals surface area contributed by atoms with Gasteiger partial charge in [-0.05, 0) is 38.0 Å². The molecule has 0 amide bonds. The van der Waals surface area contributed by atoms with Crippen LogP contribution >= 0.6 is 11.6 Å². The van der Waals surface area contributed by atoms with Crippen molar-refractivity contribution < 1.29 is 9.47 Å². The molecule has 2 aromatic rings. The SMILES string of the molecule is CCC(C)Oc1ccc(OCc2ccc(C)cc2)c(Cl)c1. The summed E-state index contributed by atoms with van der Waals surface area (Å²) in [6.45, 7) is 6.70. The lowest BCUT2D eigenvalue weighted by Crippen LogP contribution is -2.09. The maximum atomic E-state index is 6.24. The molecule has 0 aliphatic heterocycles. The summed E-state index contributed by atoms with van der Waals surface area (Å²) in [5, 5.41) is 0.572. The zero-order valence-corrected chi connectivity index (χ0v) is 13.5. The van der Waals surface area contributed by atoms with E-state index in [0.29, 0.717) is 17.4 Å². The van der Waals surface area contributed by atoms with Gasteiger partial charge in [0, 0.05) is 6.07 Å². The first-order valence-corrected chi connectivity index (χ1v) is 7.61. The number of halogens is 1. The normalized spacial score (nSPS) is 12.0. The molecule has 0 saturated carbocycles. The van der Waals surface area contributed by atoms with Gasteiger partial charge in [0.2, 0.25) is 0 Å². The third kappa shape index (κ3) is 4.68. The van der Waals surface area contributed by atoms with Crippen molar-refractivity contribution >= 4 is 11.6 Å². The van der Waals surface area contributed by atoms with Crippen LogP contribution in [0.3, 0.4) is 0 Å².